The summed E-state index contributed by atoms with van der Waals surface area (Å²) in [6, 6.07) is 7.76. The van der Waals surface area contributed by atoms with E-state index in [0.717, 1.165) is 22.5 Å². The van der Waals surface area contributed by atoms with Gasteiger partial charge >= 0.3 is 0 Å². The molecule has 0 radical (unpaired) electrons. The Balaban J connectivity index is 2.41. The zero-order valence-electron chi connectivity index (χ0n) is 19.2. The van der Waals surface area contributed by atoms with E-state index in [0.29, 0.717) is 5.82 Å². The smallest absolute Gasteiger partial charge is 0.245 e. The van der Waals surface area contributed by atoms with Crippen molar-refractivity contribution in [1.82, 2.24) is 14.7 Å². The van der Waals surface area contributed by atoms with Crippen molar-refractivity contribution in [2.75, 3.05) is 11.9 Å². The summed E-state index contributed by atoms with van der Waals surface area (Å²) in [7, 11) is 0. The van der Waals surface area contributed by atoms with E-state index >= 15 is 0 Å². The van der Waals surface area contributed by atoms with Crippen LogP contribution in [0.25, 0.3) is 5.69 Å². The second-order valence-electron chi connectivity index (χ2n) is 9.02. The van der Waals surface area contributed by atoms with Gasteiger partial charge in [0.1, 0.15) is 17.7 Å². The summed E-state index contributed by atoms with van der Waals surface area (Å²) in [5.41, 5.74) is 3.82. The Morgan fingerprint density at radius 2 is 1.83 bits per heavy atom. The highest BCUT2D eigenvalue weighted by Gasteiger charge is 2.26. The van der Waals surface area contributed by atoms with Gasteiger partial charge in [-0.2, -0.15) is 5.10 Å². The molecule has 0 fully saturated rings. The van der Waals surface area contributed by atoms with Gasteiger partial charge in [0.25, 0.3) is 0 Å². The normalized spacial score (nSPS) is 12.7. The number of aromatic nitrogens is 2. The van der Waals surface area contributed by atoms with Gasteiger partial charge in [0, 0.05) is 17.5 Å². The summed E-state index contributed by atoms with van der Waals surface area (Å²) in [5.74, 6) is 0.0233. The van der Waals surface area contributed by atoms with Crippen LogP contribution in [0.4, 0.5) is 5.82 Å². The Morgan fingerprint density at radius 3 is 2.37 bits per heavy atom. The molecule has 1 aromatic carbocycles. The molecule has 1 N–H and O–H groups in total. The number of nitrogens with one attached hydrogen (secondary N) is 1. The Labute approximate surface area is 184 Å². The first kappa shape index (κ1) is 23.9. The molecule has 164 valence electrons. The van der Waals surface area contributed by atoms with Crippen molar-refractivity contribution in [1.29, 1.82) is 0 Å². The van der Waals surface area contributed by atoms with Gasteiger partial charge in [0.05, 0.1) is 11.4 Å². The lowest BCUT2D eigenvalue weighted by Gasteiger charge is -2.27. The van der Waals surface area contributed by atoms with Crippen LogP contribution < -0.4 is 5.32 Å². The van der Waals surface area contributed by atoms with Crippen LogP contribution in [-0.2, 0) is 15.0 Å². The van der Waals surface area contributed by atoms with E-state index in [1.807, 2.05) is 52.0 Å². The third kappa shape index (κ3) is 5.42. The molecular formula is C23H33ClN4O2. The zero-order valence-corrected chi connectivity index (χ0v) is 20.0. The molecule has 2 rings (SSSR count). The van der Waals surface area contributed by atoms with Crippen molar-refractivity contribution in [3.8, 4) is 5.69 Å². The Hall–Kier alpha value is -2.34. The largest absolute Gasteiger partial charge is 0.330 e. The Morgan fingerprint density at radius 1 is 1.20 bits per heavy atom. The molecule has 0 bridgehead atoms. The molecule has 6 nitrogen and oxygen atoms in total. The summed E-state index contributed by atoms with van der Waals surface area (Å²) in [4.78, 5) is 26.7. The predicted molar refractivity (Wildman–Crippen MR) is 123 cm³/mol. The number of benzene rings is 1. The number of nitrogens with zero attached hydrogens (tertiary/aromatic N) is 3. The molecule has 0 aliphatic heterocycles. The summed E-state index contributed by atoms with van der Waals surface area (Å²) < 4.78 is 1.77. The van der Waals surface area contributed by atoms with E-state index in [1.54, 1.807) is 11.6 Å². The van der Waals surface area contributed by atoms with Gasteiger partial charge in [0.2, 0.25) is 11.8 Å². The lowest BCUT2D eigenvalue weighted by Crippen LogP contribution is -2.45. The molecule has 0 spiro atoms. The molecule has 0 aliphatic carbocycles. The fraction of sp³-hybridized carbons (Fsp3) is 0.522. The Bertz CT molecular complexity index is 926. The van der Waals surface area contributed by atoms with Gasteiger partial charge in [-0.3, -0.25) is 9.59 Å². The second kappa shape index (κ2) is 9.21. The van der Waals surface area contributed by atoms with Crippen molar-refractivity contribution >= 4 is 29.2 Å². The number of amides is 2. The van der Waals surface area contributed by atoms with Crippen molar-refractivity contribution in [3.63, 3.8) is 0 Å². The highest BCUT2D eigenvalue weighted by atomic mass is 35.5. The van der Waals surface area contributed by atoms with Crippen LogP contribution >= 0.6 is 11.6 Å². The number of alkyl halides is 1. The number of rotatable bonds is 6. The van der Waals surface area contributed by atoms with Gasteiger partial charge in [0.15, 0.2) is 0 Å². The van der Waals surface area contributed by atoms with E-state index in [1.165, 1.54) is 4.90 Å². The van der Waals surface area contributed by atoms with Crippen LogP contribution in [-0.4, -0.2) is 44.5 Å². The van der Waals surface area contributed by atoms with Crippen molar-refractivity contribution in [3.05, 3.63) is 41.1 Å². The lowest BCUT2D eigenvalue weighted by atomic mass is 9.92. The summed E-state index contributed by atoms with van der Waals surface area (Å²) in [6.07, 6.45) is 0. The average molecular weight is 433 g/mol. The molecule has 1 atom stereocenters. The quantitative estimate of drug-likeness (QED) is 0.679. The van der Waals surface area contributed by atoms with E-state index in [9.17, 15) is 9.59 Å². The highest BCUT2D eigenvalue weighted by Crippen LogP contribution is 2.28. The first-order valence-electron chi connectivity index (χ1n) is 10.2. The van der Waals surface area contributed by atoms with Crippen molar-refractivity contribution in [2.45, 2.75) is 72.2 Å². The van der Waals surface area contributed by atoms with Crippen LogP contribution in [0.3, 0.4) is 0 Å². The maximum absolute atomic E-state index is 12.9. The standard InChI is InChI=1S/C23H33ClN4O2/c1-14(2)27(22(30)17(5)24)13-21(29)25-20-12-19(23(6,7)8)26-28(20)18-11-9-10-15(3)16(18)4/h9-12,14,17H,13H2,1-8H3,(H,25,29)/t17-/m0/s1. The molecule has 2 amide bonds. The van der Waals surface area contributed by atoms with Crippen LogP contribution in [0.1, 0.15) is 58.4 Å². The first-order chi connectivity index (χ1) is 13.8. The molecule has 0 aliphatic rings. The first-order valence-corrected chi connectivity index (χ1v) is 10.7. The maximum atomic E-state index is 12.9. The number of carbonyl (C=O) groups excluding carboxylic acids is 2. The number of halogens is 1. The zero-order chi connectivity index (χ0) is 22.8. The SMILES string of the molecule is Cc1cccc(-n2nc(C(C)(C)C)cc2NC(=O)CN(C(=O)[C@H](C)Cl)C(C)C)c1C. The fourth-order valence-corrected chi connectivity index (χ4v) is 3.19. The third-order valence-electron chi connectivity index (χ3n) is 5.11. The van der Waals surface area contributed by atoms with Gasteiger partial charge in [-0.1, -0.05) is 32.9 Å². The topological polar surface area (TPSA) is 67.2 Å². The Kier molecular flexibility index (Phi) is 7.35. The number of aryl methyl sites for hydroxylation is 1. The minimum Gasteiger partial charge on any atom is -0.330 e. The van der Waals surface area contributed by atoms with Crippen LogP contribution in [0.15, 0.2) is 24.3 Å². The maximum Gasteiger partial charge on any atom is 0.245 e. The van der Waals surface area contributed by atoms with Gasteiger partial charge < -0.3 is 10.2 Å². The number of carbonyl (C=O) groups is 2. The molecular weight excluding hydrogens is 400 g/mol. The summed E-state index contributed by atoms with van der Waals surface area (Å²) >= 11 is 5.96. The molecule has 0 saturated carbocycles. The van der Waals surface area contributed by atoms with Gasteiger partial charge in [-0.15, -0.1) is 11.6 Å². The van der Waals surface area contributed by atoms with E-state index in [-0.39, 0.29) is 29.8 Å². The monoisotopic (exact) mass is 432 g/mol. The second-order valence-corrected chi connectivity index (χ2v) is 9.67. The summed E-state index contributed by atoms with van der Waals surface area (Å²) in [5, 5.41) is 7.05. The molecule has 0 unspecified atom stereocenters. The van der Waals surface area contributed by atoms with E-state index in [4.69, 9.17) is 16.7 Å². The number of hydrogen-bond donors (Lipinski definition) is 1. The molecule has 30 heavy (non-hydrogen) atoms. The third-order valence-corrected chi connectivity index (χ3v) is 5.30. The molecule has 0 saturated heterocycles. The van der Waals surface area contributed by atoms with Crippen LogP contribution in [0.5, 0.6) is 0 Å². The average Bonchev–Trinajstić information content (AvgIpc) is 3.05. The minimum absolute atomic E-state index is 0.0730. The fourth-order valence-electron chi connectivity index (χ4n) is 3.07. The van der Waals surface area contributed by atoms with E-state index in [2.05, 4.69) is 26.1 Å². The minimum atomic E-state index is -0.687. The predicted octanol–water partition coefficient (Wildman–Crippen LogP) is 4.59. The van der Waals surface area contributed by atoms with Crippen LogP contribution in [0, 0.1) is 13.8 Å². The van der Waals surface area contributed by atoms with E-state index < -0.39 is 5.38 Å². The molecule has 1 heterocycles. The van der Waals surface area contributed by atoms with Crippen LogP contribution in [0.2, 0.25) is 0 Å². The van der Waals surface area contributed by atoms with Crippen molar-refractivity contribution < 1.29 is 9.59 Å². The van der Waals surface area contributed by atoms with Crippen molar-refractivity contribution in [2.24, 2.45) is 0 Å². The van der Waals surface area contributed by atoms with Gasteiger partial charge in [-0.25, -0.2) is 4.68 Å². The number of hydrogen-bond acceptors (Lipinski definition) is 3. The summed E-state index contributed by atoms with van der Waals surface area (Å²) in [6.45, 7) is 15.6. The molecule has 1 aromatic heterocycles. The molecule has 2 aromatic rings. The highest BCUT2D eigenvalue weighted by molar-refractivity contribution is 6.30. The number of anilines is 1. The van der Waals surface area contributed by atoms with Gasteiger partial charge in [-0.05, 0) is 51.8 Å². The lowest BCUT2D eigenvalue weighted by molar-refractivity contribution is -0.135. The molecule has 7 heteroatoms.